The topological polar surface area (TPSA) is 56.8 Å². The fourth-order valence-corrected chi connectivity index (χ4v) is 1.51. The maximum atomic E-state index is 6.00. The van der Waals surface area contributed by atoms with Crippen LogP contribution in [-0.4, -0.2) is 19.9 Å². The van der Waals surface area contributed by atoms with Crippen molar-refractivity contribution in [1.82, 2.24) is 0 Å². The Morgan fingerprint density at radius 1 is 1.53 bits per heavy atom. The summed E-state index contributed by atoms with van der Waals surface area (Å²) in [6.45, 7) is 2.42. The highest BCUT2D eigenvalue weighted by Crippen LogP contribution is 2.35. The van der Waals surface area contributed by atoms with Gasteiger partial charge in [0.15, 0.2) is 11.5 Å². The summed E-state index contributed by atoms with van der Waals surface area (Å²) in [7, 11) is 1.54. The number of benzene rings is 1. The smallest absolute Gasteiger partial charge is 0.179 e. The molecule has 0 heterocycles. The van der Waals surface area contributed by atoms with Crippen LogP contribution in [0.3, 0.4) is 0 Å². The lowest BCUT2D eigenvalue weighted by Crippen LogP contribution is -1.98. The van der Waals surface area contributed by atoms with Crippen LogP contribution < -0.4 is 15.3 Å². The molecule has 1 aromatic rings. The third kappa shape index (κ3) is 2.76. The molecule has 15 heavy (non-hydrogen) atoms. The van der Waals surface area contributed by atoms with Crippen LogP contribution in [0.5, 0.6) is 11.5 Å². The van der Waals surface area contributed by atoms with E-state index in [0.29, 0.717) is 23.1 Å². The van der Waals surface area contributed by atoms with Gasteiger partial charge in [-0.2, -0.15) is 5.10 Å². The molecule has 1 rings (SSSR count). The Morgan fingerprint density at radius 2 is 2.27 bits per heavy atom. The first-order chi connectivity index (χ1) is 7.22. The molecule has 0 unspecified atom stereocenters. The van der Waals surface area contributed by atoms with Crippen molar-refractivity contribution < 1.29 is 9.47 Å². The standard InChI is InChI=1S/C10H13ClN2O2/c1-3-15-9-5-7(6-13-12)4-8(11)10(9)14-2/h4-6H,3,12H2,1-2H3. The Hall–Kier alpha value is -1.42. The van der Waals surface area contributed by atoms with Gasteiger partial charge in [-0.1, -0.05) is 11.6 Å². The Balaban J connectivity index is 3.18. The van der Waals surface area contributed by atoms with E-state index in [4.69, 9.17) is 26.9 Å². The molecule has 0 aliphatic rings. The molecule has 0 aromatic heterocycles. The number of rotatable bonds is 4. The second kappa shape index (κ2) is 5.46. The minimum absolute atomic E-state index is 0.471. The molecule has 82 valence electrons. The number of halogens is 1. The first-order valence-electron chi connectivity index (χ1n) is 4.46. The number of hydrogen-bond donors (Lipinski definition) is 1. The van der Waals surface area contributed by atoms with Gasteiger partial charge in [0.2, 0.25) is 0 Å². The van der Waals surface area contributed by atoms with Crippen LogP contribution in [0.4, 0.5) is 0 Å². The molecule has 0 fully saturated rings. The van der Waals surface area contributed by atoms with Gasteiger partial charge < -0.3 is 15.3 Å². The summed E-state index contributed by atoms with van der Waals surface area (Å²) in [6, 6.07) is 3.48. The zero-order valence-electron chi connectivity index (χ0n) is 8.66. The fourth-order valence-electron chi connectivity index (χ4n) is 1.21. The Kier molecular flexibility index (Phi) is 4.24. The molecule has 0 spiro atoms. The van der Waals surface area contributed by atoms with E-state index >= 15 is 0 Å². The molecule has 0 bridgehead atoms. The van der Waals surface area contributed by atoms with E-state index in [9.17, 15) is 0 Å². The quantitative estimate of drug-likeness (QED) is 0.488. The molecule has 5 heteroatoms. The van der Waals surface area contributed by atoms with E-state index in [1.54, 1.807) is 19.2 Å². The fraction of sp³-hybridized carbons (Fsp3) is 0.300. The first kappa shape index (κ1) is 11.7. The van der Waals surface area contributed by atoms with Gasteiger partial charge in [0, 0.05) is 0 Å². The number of hydrazone groups is 1. The molecule has 0 aliphatic carbocycles. The minimum atomic E-state index is 0.471. The molecule has 0 saturated carbocycles. The highest BCUT2D eigenvalue weighted by atomic mass is 35.5. The van der Waals surface area contributed by atoms with Crippen LogP contribution in [0.25, 0.3) is 0 Å². The van der Waals surface area contributed by atoms with Crippen molar-refractivity contribution in [2.45, 2.75) is 6.92 Å². The van der Waals surface area contributed by atoms with Gasteiger partial charge in [0.1, 0.15) is 0 Å². The molecule has 4 nitrogen and oxygen atoms in total. The van der Waals surface area contributed by atoms with Crippen LogP contribution in [0.1, 0.15) is 12.5 Å². The molecule has 0 amide bonds. The number of nitrogens with two attached hydrogens (primary N) is 1. The Labute approximate surface area is 93.6 Å². The largest absolute Gasteiger partial charge is 0.491 e. The third-order valence-electron chi connectivity index (χ3n) is 1.76. The van der Waals surface area contributed by atoms with E-state index in [-0.39, 0.29) is 0 Å². The molecule has 0 atom stereocenters. The lowest BCUT2D eigenvalue weighted by atomic mass is 10.2. The summed E-state index contributed by atoms with van der Waals surface area (Å²) in [6.07, 6.45) is 1.49. The molecule has 0 aliphatic heterocycles. The average molecular weight is 229 g/mol. The normalized spacial score (nSPS) is 10.6. The number of ether oxygens (including phenoxy) is 2. The van der Waals surface area contributed by atoms with Crippen molar-refractivity contribution in [2.24, 2.45) is 10.9 Å². The number of hydrogen-bond acceptors (Lipinski definition) is 4. The lowest BCUT2D eigenvalue weighted by molar-refractivity contribution is 0.311. The van der Waals surface area contributed by atoms with Crippen molar-refractivity contribution in [2.75, 3.05) is 13.7 Å². The van der Waals surface area contributed by atoms with Crippen LogP contribution >= 0.6 is 11.6 Å². The maximum absolute atomic E-state index is 6.00. The van der Waals surface area contributed by atoms with E-state index in [1.807, 2.05) is 6.92 Å². The van der Waals surface area contributed by atoms with E-state index < -0.39 is 0 Å². The van der Waals surface area contributed by atoms with Gasteiger partial charge in [-0.15, -0.1) is 0 Å². The monoisotopic (exact) mass is 228 g/mol. The molecule has 0 saturated heterocycles. The summed E-state index contributed by atoms with van der Waals surface area (Å²) >= 11 is 6.00. The molecular weight excluding hydrogens is 216 g/mol. The van der Waals surface area contributed by atoms with Gasteiger partial charge in [-0.25, -0.2) is 0 Å². The van der Waals surface area contributed by atoms with Gasteiger partial charge in [-0.3, -0.25) is 0 Å². The predicted octanol–water partition coefficient (Wildman–Crippen LogP) is 2.04. The summed E-state index contributed by atoms with van der Waals surface area (Å²) in [5.41, 5.74) is 0.770. The van der Waals surface area contributed by atoms with Crippen LogP contribution in [0, 0.1) is 0 Å². The summed E-state index contributed by atoms with van der Waals surface area (Å²) in [5.74, 6) is 6.17. The predicted molar refractivity (Wildman–Crippen MR) is 61.0 cm³/mol. The second-order valence-corrected chi connectivity index (χ2v) is 3.15. The zero-order chi connectivity index (χ0) is 11.3. The van der Waals surface area contributed by atoms with Crippen molar-refractivity contribution in [1.29, 1.82) is 0 Å². The zero-order valence-corrected chi connectivity index (χ0v) is 9.41. The van der Waals surface area contributed by atoms with Crippen molar-refractivity contribution >= 4 is 17.8 Å². The maximum Gasteiger partial charge on any atom is 0.179 e. The molecule has 2 N–H and O–H groups in total. The highest BCUT2D eigenvalue weighted by molar-refractivity contribution is 6.32. The van der Waals surface area contributed by atoms with Crippen molar-refractivity contribution in [3.05, 3.63) is 22.7 Å². The summed E-state index contributed by atoms with van der Waals surface area (Å²) in [5, 5.41) is 3.89. The van der Waals surface area contributed by atoms with Crippen molar-refractivity contribution in [3.8, 4) is 11.5 Å². The van der Waals surface area contributed by atoms with Gasteiger partial charge in [0.25, 0.3) is 0 Å². The van der Waals surface area contributed by atoms with E-state index in [0.717, 1.165) is 5.56 Å². The molecule has 0 radical (unpaired) electrons. The lowest BCUT2D eigenvalue weighted by Gasteiger charge is -2.11. The average Bonchev–Trinajstić information content (AvgIpc) is 2.18. The first-order valence-corrected chi connectivity index (χ1v) is 4.84. The van der Waals surface area contributed by atoms with Crippen LogP contribution in [0.15, 0.2) is 17.2 Å². The van der Waals surface area contributed by atoms with Crippen molar-refractivity contribution in [3.63, 3.8) is 0 Å². The Morgan fingerprint density at radius 3 is 2.80 bits per heavy atom. The minimum Gasteiger partial charge on any atom is -0.491 e. The van der Waals surface area contributed by atoms with Gasteiger partial charge in [-0.05, 0) is 24.6 Å². The summed E-state index contributed by atoms with van der Waals surface area (Å²) in [4.78, 5) is 0. The molecule has 1 aromatic carbocycles. The van der Waals surface area contributed by atoms with Crippen LogP contribution in [0.2, 0.25) is 5.02 Å². The SMILES string of the molecule is CCOc1cc(C=NN)cc(Cl)c1OC. The van der Waals surface area contributed by atoms with Crippen LogP contribution in [-0.2, 0) is 0 Å². The van der Waals surface area contributed by atoms with E-state index in [1.165, 1.54) is 6.21 Å². The number of nitrogens with zero attached hydrogens (tertiary/aromatic N) is 1. The Bertz CT molecular complexity index is 367. The van der Waals surface area contributed by atoms with E-state index in [2.05, 4.69) is 5.10 Å². The number of methoxy groups -OCH3 is 1. The third-order valence-corrected chi connectivity index (χ3v) is 2.04. The summed E-state index contributed by atoms with van der Waals surface area (Å²) < 4.78 is 10.5. The van der Waals surface area contributed by atoms with Gasteiger partial charge in [0.05, 0.1) is 25.0 Å². The highest BCUT2D eigenvalue weighted by Gasteiger charge is 2.10. The van der Waals surface area contributed by atoms with Gasteiger partial charge >= 0.3 is 0 Å². The molecular formula is C10H13ClN2O2. The second-order valence-electron chi connectivity index (χ2n) is 2.75.